The zero-order chi connectivity index (χ0) is 12.8. The Morgan fingerprint density at radius 1 is 1.39 bits per heavy atom. The van der Waals surface area contributed by atoms with Gasteiger partial charge >= 0.3 is 6.03 Å². The van der Waals surface area contributed by atoms with Crippen molar-refractivity contribution in [3.05, 3.63) is 41.4 Å². The summed E-state index contributed by atoms with van der Waals surface area (Å²) in [5, 5.41) is 13.3. The highest BCUT2D eigenvalue weighted by molar-refractivity contribution is 7.13. The van der Waals surface area contributed by atoms with Gasteiger partial charge in [0.15, 0.2) is 0 Å². The second-order valence-electron chi connectivity index (χ2n) is 3.89. The van der Waals surface area contributed by atoms with Crippen LogP contribution in [0.3, 0.4) is 0 Å². The minimum atomic E-state index is -0.255. The molecule has 1 aromatic carbocycles. The van der Waals surface area contributed by atoms with Crippen LogP contribution in [-0.4, -0.2) is 22.8 Å². The van der Waals surface area contributed by atoms with Crippen LogP contribution in [0.25, 0.3) is 0 Å². The lowest BCUT2D eigenvalue weighted by molar-refractivity contribution is 0.251. The van der Waals surface area contributed by atoms with Gasteiger partial charge in [-0.25, -0.2) is 4.79 Å². The molecule has 2 aromatic rings. The van der Waals surface area contributed by atoms with Gasteiger partial charge in [0.05, 0.1) is 0 Å². The minimum Gasteiger partial charge on any atom is -0.337 e. The van der Waals surface area contributed by atoms with E-state index in [4.69, 9.17) is 0 Å². The number of amides is 2. The van der Waals surface area contributed by atoms with Crippen molar-refractivity contribution in [3.8, 4) is 0 Å². The van der Waals surface area contributed by atoms with Crippen LogP contribution < -0.4 is 10.6 Å². The molecule has 6 heteroatoms. The number of rotatable bonds is 4. The Hall–Kier alpha value is -1.95. The van der Waals surface area contributed by atoms with Crippen LogP contribution in [0.15, 0.2) is 35.8 Å². The van der Waals surface area contributed by atoms with Gasteiger partial charge in [-0.3, -0.25) is 5.32 Å². The van der Waals surface area contributed by atoms with Gasteiger partial charge in [0.2, 0.25) is 5.13 Å². The molecule has 0 aliphatic carbocycles. The molecule has 2 N–H and O–H groups in total. The number of carbonyl (C=O) groups is 1. The fourth-order valence-corrected chi connectivity index (χ4v) is 1.95. The van der Waals surface area contributed by atoms with Crippen molar-refractivity contribution in [2.45, 2.75) is 12.8 Å². The van der Waals surface area contributed by atoms with E-state index in [1.165, 1.54) is 16.9 Å². The Kier molecular flexibility index (Phi) is 4.25. The average molecular weight is 262 g/mol. The predicted molar refractivity (Wildman–Crippen MR) is 71.8 cm³/mol. The molecule has 1 heterocycles. The summed E-state index contributed by atoms with van der Waals surface area (Å²) in [6, 6.07) is 9.81. The van der Waals surface area contributed by atoms with Gasteiger partial charge in [-0.2, -0.15) is 0 Å². The normalized spacial score (nSPS) is 11.8. The molecule has 0 aliphatic heterocycles. The average Bonchev–Trinajstić information content (AvgIpc) is 2.90. The molecule has 1 atom stereocenters. The molecule has 94 valence electrons. The van der Waals surface area contributed by atoms with Crippen molar-refractivity contribution in [3.63, 3.8) is 0 Å². The molecule has 0 radical (unpaired) electrons. The van der Waals surface area contributed by atoms with Crippen LogP contribution in [0.4, 0.5) is 9.93 Å². The number of aromatic nitrogens is 2. The summed E-state index contributed by atoms with van der Waals surface area (Å²) in [5.41, 5.74) is 2.77. The standard InChI is InChI=1S/C12H14N4OS/c1-9(10-5-3-2-4-6-10)7-13-11(17)15-12-16-14-8-18-12/h2-6,8-9H,7H2,1H3,(H2,13,15,16,17)/t9-/m0/s1. The Balaban J connectivity index is 1.79. The van der Waals surface area contributed by atoms with Crippen molar-refractivity contribution in [1.82, 2.24) is 15.5 Å². The van der Waals surface area contributed by atoms with Crippen LogP contribution in [-0.2, 0) is 0 Å². The van der Waals surface area contributed by atoms with E-state index in [0.29, 0.717) is 11.7 Å². The van der Waals surface area contributed by atoms with E-state index in [0.717, 1.165) is 0 Å². The van der Waals surface area contributed by atoms with Crippen molar-refractivity contribution in [1.29, 1.82) is 0 Å². The molecule has 18 heavy (non-hydrogen) atoms. The Labute approximate surface area is 109 Å². The van der Waals surface area contributed by atoms with Crippen molar-refractivity contribution in [2.75, 3.05) is 11.9 Å². The molecule has 0 spiro atoms. The van der Waals surface area contributed by atoms with Gasteiger partial charge in [0.1, 0.15) is 5.51 Å². The van der Waals surface area contributed by atoms with E-state index in [2.05, 4.69) is 39.9 Å². The number of hydrogen-bond acceptors (Lipinski definition) is 4. The summed E-state index contributed by atoms with van der Waals surface area (Å²) in [6.07, 6.45) is 0. The quantitative estimate of drug-likeness (QED) is 0.889. The predicted octanol–water partition coefficient (Wildman–Crippen LogP) is 2.46. The fourth-order valence-electron chi connectivity index (χ4n) is 1.51. The fraction of sp³-hybridized carbons (Fsp3) is 0.250. The van der Waals surface area contributed by atoms with E-state index in [-0.39, 0.29) is 11.9 Å². The Morgan fingerprint density at radius 3 is 2.83 bits per heavy atom. The maximum absolute atomic E-state index is 11.6. The topological polar surface area (TPSA) is 66.9 Å². The lowest BCUT2D eigenvalue weighted by atomic mass is 10.0. The number of hydrogen-bond donors (Lipinski definition) is 2. The number of nitrogens with one attached hydrogen (secondary N) is 2. The van der Waals surface area contributed by atoms with Crippen molar-refractivity contribution >= 4 is 22.5 Å². The molecular weight excluding hydrogens is 248 g/mol. The second kappa shape index (κ2) is 6.11. The molecule has 2 rings (SSSR count). The van der Waals surface area contributed by atoms with Gasteiger partial charge < -0.3 is 5.32 Å². The second-order valence-corrected chi connectivity index (χ2v) is 4.72. The maximum Gasteiger partial charge on any atom is 0.321 e. The molecule has 0 fully saturated rings. The van der Waals surface area contributed by atoms with Crippen LogP contribution in [0.2, 0.25) is 0 Å². The molecule has 5 nitrogen and oxygen atoms in total. The van der Waals surface area contributed by atoms with Crippen LogP contribution in [0.5, 0.6) is 0 Å². The third kappa shape index (κ3) is 3.53. The molecule has 1 aromatic heterocycles. The highest BCUT2D eigenvalue weighted by Gasteiger charge is 2.08. The first kappa shape index (κ1) is 12.5. The molecule has 0 aliphatic rings. The summed E-state index contributed by atoms with van der Waals surface area (Å²) < 4.78 is 0. The number of benzene rings is 1. The smallest absolute Gasteiger partial charge is 0.321 e. The first-order valence-corrected chi connectivity index (χ1v) is 6.49. The molecule has 0 bridgehead atoms. The zero-order valence-corrected chi connectivity index (χ0v) is 10.8. The van der Waals surface area contributed by atoms with Crippen LogP contribution >= 0.6 is 11.3 Å². The van der Waals surface area contributed by atoms with E-state index in [1.807, 2.05) is 18.2 Å². The Morgan fingerprint density at radius 2 is 2.17 bits per heavy atom. The van der Waals surface area contributed by atoms with Gasteiger partial charge in [0, 0.05) is 6.54 Å². The number of anilines is 1. The van der Waals surface area contributed by atoms with Gasteiger partial charge in [0.25, 0.3) is 0 Å². The minimum absolute atomic E-state index is 0.255. The van der Waals surface area contributed by atoms with E-state index in [9.17, 15) is 4.79 Å². The summed E-state index contributed by atoms with van der Waals surface area (Å²) in [5.74, 6) is 0.270. The van der Waals surface area contributed by atoms with Gasteiger partial charge in [-0.1, -0.05) is 48.6 Å². The molecule has 2 amide bonds. The van der Waals surface area contributed by atoms with Gasteiger partial charge in [-0.15, -0.1) is 10.2 Å². The molecule has 0 saturated heterocycles. The number of carbonyl (C=O) groups excluding carboxylic acids is 1. The van der Waals surface area contributed by atoms with Crippen molar-refractivity contribution in [2.24, 2.45) is 0 Å². The maximum atomic E-state index is 11.6. The highest BCUT2D eigenvalue weighted by atomic mass is 32.1. The van der Waals surface area contributed by atoms with Crippen molar-refractivity contribution < 1.29 is 4.79 Å². The van der Waals surface area contributed by atoms with Crippen LogP contribution in [0, 0.1) is 0 Å². The lowest BCUT2D eigenvalue weighted by Crippen LogP contribution is -2.31. The summed E-state index contributed by atoms with van der Waals surface area (Å²) in [6.45, 7) is 2.65. The third-order valence-electron chi connectivity index (χ3n) is 2.52. The largest absolute Gasteiger partial charge is 0.337 e. The summed E-state index contributed by atoms with van der Waals surface area (Å²) in [4.78, 5) is 11.6. The zero-order valence-electron chi connectivity index (χ0n) is 9.96. The monoisotopic (exact) mass is 262 g/mol. The molecule has 0 saturated carbocycles. The molecule has 0 unspecified atom stereocenters. The van der Waals surface area contributed by atoms with Crippen LogP contribution in [0.1, 0.15) is 18.4 Å². The van der Waals surface area contributed by atoms with E-state index in [1.54, 1.807) is 5.51 Å². The number of urea groups is 1. The first-order valence-electron chi connectivity index (χ1n) is 5.61. The highest BCUT2D eigenvalue weighted by Crippen LogP contribution is 2.13. The molecular formula is C12H14N4OS. The van der Waals surface area contributed by atoms with Gasteiger partial charge in [-0.05, 0) is 11.5 Å². The summed E-state index contributed by atoms with van der Waals surface area (Å²) in [7, 11) is 0. The lowest BCUT2D eigenvalue weighted by Gasteiger charge is -2.12. The van der Waals surface area contributed by atoms with E-state index >= 15 is 0 Å². The first-order chi connectivity index (χ1) is 8.75. The third-order valence-corrected chi connectivity index (χ3v) is 3.12. The SMILES string of the molecule is C[C@@H](CNC(=O)Nc1nncs1)c1ccccc1. The summed E-state index contributed by atoms with van der Waals surface area (Å²) >= 11 is 1.29. The van der Waals surface area contributed by atoms with E-state index < -0.39 is 0 Å². The Bertz CT molecular complexity index is 486. The number of nitrogens with zero attached hydrogens (tertiary/aromatic N) is 2.